The zero-order valence-corrected chi connectivity index (χ0v) is 54.4. The van der Waals surface area contributed by atoms with Crippen LogP contribution in [-0.2, 0) is 28.6 Å². The monoisotopic (exact) mass is 1150 g/mol. The minimum absolute atomic E-state index is 0.0930. The van der Waals surface area contributed by atoms with Gasteiger partial charge in [0.15, 0.2) is 6.10 Å². The molecule has 6 nitrogen and oxygen atoms in total. The molecule has 0 saturated heterocycles. The Morgan fingerprint density at radius 1 is 0.253 bits per heavy atom. The summed E-state index contributed by atoms with van der Waals surface area (Å²) >= 11 is 0. The second kappa shape index (κ2) is 70.3. The third-order valence-corrected chi connectivity index (χ3v) is 15.0. The van der Waals surface area contributed by atoms with Crippen LogP contribution in [0.4, 0.5) is 0 Å². The molecular formula is C77H130O6. The van der Waals surface area contributed by atoms with Crippen molar-refractivity contribution in [3.05, 3.63) is 122 Å². The Labute approximate surface area is 513 Å². The first-order valence-corrected chi connectivity index (χ1v) is 35.0. The summed E-state index contributed by atoms with van der Waals surface area (Å²) in [5.74, 6) is -0.918. The lowest BCUT2D eigenvalue weighted by atomic mass is 10.0. The van der Waals surface area contributed by atoms with Gasteiger partial charge in [-0.15, -0.1) is 0 Å². The summed E-state index contributed by atoms with van der Waals surface area (Å²) in [5, 5.41) is 0. The lowest BCUT2D eigenvalue weighted by Gasteiger charge is -2.18. The van der Waals surface area contributed by atoms with Gasteiger partial charge in [0.05, 0.1) is 0 Å². The van der Waals surface area contributed by atoms with E-state index in [1.54, 1.807) is 0 Å². The molecule has 0 aromatic carbocycles. The summed E-state index contributed by atoms with van der Waals surface area (Å²) < 4.78 is 17.0. The summed E-state index contributed by atoms with van der Waals surface area (Å²) in [5.41, 5.74) is 0. The third-order valence-electron chi connectivity index (χ3n) is 15.0. The van der Waals surface area contributed by atoms with Crippen LogP contribution in [0.15, 0.2) is 122 Å². The minimum Gasteiger partial charge on any atom is -0.462 e. The second-order valence-electron chi connectivity index (χ2n) is 23.1. The number of hydrogen-bond donors (Lipinski definition) is 0. The summed E-state index contributed by atoms with van der Waals surface area (Å²) in [6, 6.07) is 0. The van der Waals surface area contributed by atoms with Crippen molar-refractivity contribution in [3.8, 4) is 0 Å². The fourth-order valence-electron chi connectivity index (χ4n) is 9.73. The van der Waals surface area contributed by atoms with Crippen LogP contribution in [0, 0.1) is 0 Å². The van der Waals surface area contributed by atoms with Gasteiger partial charge in [0.1, 0.15) is 13.2 Å². The predicted octanol–water partition coefficient (Wildman–Crippen LogP) is 24.3. The van der Waals surface area contributed by atoms with Crippen LogP contribution < -0.4 is 0 Å². The van der Waals surface area contributed by atoms with Crippen LogP contribution in [0.25, 0.3) is 0 Å². The van der Waals surface area contributed by atoms with Gasteiger partial charge in [0.25, 0.3) is 0 Å². The SMILES string of the molecule is CC/C=C\C/C=C\C/C=C\C/C=C\C/C=C\C/C=C\C/C=C\C/C=C\CCCCCCC(=O)OCC(COC(=O)CCCCCCC/C=C\C/C=C\CCCCCC)OC(=O)CCCCCCCCCCCCCCCCCCCCCC. The van der Waals surface area contributed by atoms with E-state index >= 15 is 0 Å². The Morgan fingerprint density at radius 3 is 0.747 bits per heavy atom. The van der Waals surface area contributed by atoms with Gasteiger partial charge >= 0.3 is 17.9 Å². The van der Waals surface area contributed by atoms with Gasteiger partial charge in [-0.05, 0) is 116 Å². The molecule has 0 aliphatic carbocycles. The quantitative estimate of drug-likeness (QED) is 0.0261. The summed E-state index contributed by atoms with van der Waals surface area (Å²) in [4.78, 5) is 38.4. The number of esters is 3. The smallest absolute Gasteiger partial charge is 0.306 e. The molecule has 6 heteroatoms. The molecule has 0 amide bonds. The van der Waals surface area contributed by atoms with Crippen LogP contribution in [0.5, 0.6) is 0 Å². The van der Waals surface area contributed by atoms with Crippen molar-refractivity contribution < 1.29 is 28.6 Å². The van der Waals surface area contributed by atoms with Gasteiger partial charge in [0.2, 0.25) is 0 Å². The van der Waals surface area contributed by atoms with Gasteiger partial charge in [-0.2, -0.15) is 0 Å². The maximum atomic E-state index is 13.0. The molecule has 0 fully saturated rings. The van der Waals surface area contributed by atoms with Gasteiger partial charge < -0.3 is 14.2 Å². The maximum absolute atomic E-state index is 13.0. The van der Waals surface area contributed by atoms with Crippen LogP contribution >= 0.6 is 0 Å². The highest BCUT2D eigenvalue weighted by molar-refractivity contribution is 5.71. The van der Waals surface area contributed by atoms with Crippen molar-refractivity contribution in [1.82, 2.24) is 0 Å². The fourth-order valence-corrected chi connectivity index (χ4v) is 9.73. The van der Waals surface area contributed by atoms with Crippen molar-refractivity contribution in [3.63, 3.8) is 0 Å². The van der Waals surface area contributed by atoms with Crippen molar-refractivity contribution in [2.24, 2.45) is 0 Å². The molecule has 0 aromatic heterocycles. The van der Waals surface area contributed by atoms with E-state index < -0.39 is 6.10 Å². The first kappa shape index (κ1) is 78.8. The van der Waals surface area contributed by atoms with E-state index in [-0.39, 0.29) is 31.1 Å². The number of rotatable bonds is 63. The summed E-state index contributed by atoms with van der Waals surface area (Å²) in [7, 11) is 0. The van der Waals surface area contributed by atoms with Crippen molar-refractivity contribution >= 4 is 17.9 Å². The zero-order chi connectivity index (χ0) is 59.9. The molecule has 1 atom stereocenters. The Bertz CT molecular complexity index is 1700. The summed E-state index contributed by atoms with van der Waals surface area (Å²) in [6.07, 6.45) is 97.8. The highest BCUT2D eigenvalue weighted by atomic mass is 16.6. The van der Waals surface area contributed by atoms with E-state index in [9.17, 15) is 14.4 Å². The molecule has 0 N–H and O–H groups in total. The van der Waals surface area contributed by atoms with E-state index in [0.717, 1.165) is 148 Å². The molecule has 1 unspecified atom stereocenters. The molecule has 0 aliphatic rings. The van der Waals surface area contributed by atoms with Crippen molar-refractivity contribution in [2.75, 3.05) is 13.2 Å². The Hall–Kier alpha value is -4.19. The third kappa shape index (κ3) is 68.5. The average molecular weight is 1150 g/mol. The number of carbonyl (C=O) groups excluding carboxylic acids is 3. The van der Waals surface area contributed by atoms with Crippen LogP contribution in [0.3, 0.4) is 0 Å². The van der Waals surface area contributed by atoms with E-state index in [1.165, 1.54) is 141 Å². The first-order chi connectivity index (χ1) is 41.0. The second-order valence-corrected chi connectivity index (χ2v) is 23.1. The number of allylic oxidation sites excluding steroid dienone is 20. The number of hydrogen-bond acceptors (Lipinski definition) is 6. The topological polar surface area (TPSA) is 78.9 Å². The minimum atomic E-state index is -0.798. The molecule has 0 rings (SSSR count). The number of unbranched alkanes of at least 4 members (excludes halogenated alkanes) is 32. The highest BCUT2D eigenvalue weighted by Crippen LogP contribution is 2.17. The number of ether oxygens (including phenoxy) is 3. The van der Waals surface area contributed by atoms with E-state index in [0.29, 0.717) is 19.3 Å². The van der Waals surface area contributed by atoms with Crippen LogP contribution in [0.1, 0.15) is 329 Å². The van der Waals surface area contributed by atoms with Gasteiger partial charge in [-0.1, -0.05) is 316 Å². The summed E-state index contributed by atoms with van der Waals surface area (Å²) in [6.45, 7) is 6.51. The highest BCUT2D eigenvalue weighted by Gasteiger charge is 2.19. The number of carbonyl (C=O) groups is 3. The van der Waals surface area contributed by atoms with E-state index in [4.69, 9.17) is 14.2 Å². The van der Waals surface area contributed by atoms with Gasteiger partial charge in [-0.3, -0.25) is 14.4 Å². The standard InChI is InChI=1S/C77H130O6/c1-4-7-10-13-16-19-22-25-28-31-33-35-36-37-38-39-40-41-42-43-45-46-49-52-55-58-61-64-67-70-76(79)82-73-74(72-81-75(78)69-66-63-60-57-54-51-48-30-27-24-21-18-15-12-9-6-3)83-77(80)71-68-65-62-59-56-53-50-47-44-34-32-29-26-23-20-17-14-11-8-5-2/h7,10,16,19,21,24-25,28,30,33,35,37-38,40-41,43,45,48-49,52,74H,4-6,8-9,11-15,17-18,20,22-23,26-27,29,31-32,34,36,39,42,44,46-47,50-51,53-73H2,1-3H3/b10-7-,19-16-,24-21-,28-25-,35-33-,38-37-,41-40-,45-43-,48-30-,52-49-. The lowest BCUT2D eigenvalue weighted by Crippen LogP contribution is -2.30. The normalized spacial score (nSPS) is 12.9. The molecule has 0 saturated carbocycles. The van der Waals surface area contributed by atoms with Crippen LogP contribution in [-0.4, -0.2) is 37.2 Å². The zero-order valence-electron chi connectivity index (χ0n) is 54.4. The molecule has 0 bridgehead atoms. The Kier molecular flexibility index (Phi) is 66.7. The molecule has 0 aliphatic heterocycles. The average Bonchev–Trinajstić information content (AvgIpc) is 3.50. The molecule has 0 radical (unpaired) electrons. The van der Waals surface area contributed by atoms with E-state index in [2.05, 4.69) is 142 Å². The molecule has 0 spiro atoms. The molecule has 0 aromatic rings. The molecule has 474 valence electrons. The Morgan fingerprint density at radius 2 is 0.470 bits per heavy atom. The molecule has 0 heterocycles. The predicted molar refractivity (Wildman–Crippen MR) is 362 cm³/mol. The molecule has 83 heavy (non-hydrogen) atoms. The van der Waals surface area contributed by atoms with Crippen LogP contribution in [0.2, 0.25) is 0 Å². The maximum Gasteiger partial charge on any atom is 0.306 e. The van der Waals surface area contributed by atoms with E-state index in [1.807, 2.05) is 0 Å². The first-order valence-electron chi connectivity index (χ1n) is 35.0. The molecular weight excluding hydrogens is 1020 g/mol. The Balaban J connectivity index is 4.41. The van der Waals surface area contributed by atoms with Gasteiger partial charge in [0, 0.05) is 19.3 Å². The fraction of sp³-hybridized carbons (Fsp3) is 0.701. The van der Waals surface area contributed by atoms with Gasteiger partial charge in [-0.25, -0.2) is 0 Å². The lowest BCUT2D eigenvalue weighted by molar-refractivity contribution is -0.167. The van der Waals surface area contributed by atoms with Crippen molar-refractivity contribution in [2.45, 2.75) is 335 Å². The largest absolute Gasteiger partial charge is 0.462 e. The van der Waals surface area contributed by atoms with Crippen molar-refractivity contribution in [1.29, 1.82) is 0 Å².